The van der Waals surface area contributed by atoms with Crippen molar-refractivity contribution in [2.24, 2.45) is 5.73 Å². The van der Waals surface area contributed by atoms with Crippen LogP contribution in [0.5, 0.6) is 5.75 Å². The number of aryl methyl sites for hydroxylation is 1. The minimum absolute atomic E-state index is 0.0174. The van der Waals surface area contributed by atoms with Gasteiger partial charge in [-0.15, -0.1) is 0 Å². The van der Waals surface area contributed by atoms with Crippen LogP contribution in [0.4, 0.5) is 4.79 Å². The lowest BCUT2D eigenvalue weighted by Crippen LogP contribution is -2.55. The number of pyridine rings is 1. The first-order valence-electron chi connectivity index (χ1n) is 12.9. The van der Waals surface area contributed by atoms with Gasteiger partial charge in [-0.2, -0.15) is 0 Å². The molecule has 2 aliphatic rings. The van der Waals surface area contributed by atoms with Crippen molar-refractivity contribution >= 4 is 34.6 Å². The fraction of sp³-hybridized carbons (Fsp3) is 0.536. The Balaban J connectivity index is 1.54. The molecule has 1 aromatic carbocycles. The standard InChI is InChI=1S/C28H37IN4O4/c1-17-12-24(21(26(30)34)13-22(17)29)36-25(23-9-8-20(14-31-23)19-6-7-19)16-32-10-11-33(18(2)15-32)27(35)37-28(3,4)5/h8-9,12-14,18-19,25H,6-7,10-11,15-16H2,1-5H3,(H2,30,34)/t18-,25?/m1/s1. The maximum atomic E-state index is 12.7. The number of aromatic nitrogens is 1. The van der Waals surface area contributed by atoms with E-state index in [0.717, 1.165) is 14.8 Å². The average Bonchev–Trinajstić information content (AvgIpc) is 3.65. The lowest BCUT2D eigenvalue weighted by Gasteiger charge is -2.41. The van der Waals surface area contributed by atoms with E-state index in [0.29, 0.717) is 43.4 Å². The molecule has 0 radical (unpaired) electrons. The molecule has 0 bridgehead atoms. The van der Waals surface area contributed by atoms with Crippen LogP contribution in [0.3, 0.4) is 0 Å². The molecule has 1 aliphatic carbocycles. The van der Waals surface area contributed by atoms with Crippen LogP contribution in [-0.2, 0) is 4.74 Å². The number of ether oxygens (including phenoxy) is 2. The topological polar surface area (TPSA) is 98.0 Å². The number of piperazine rings is 1. The van der Waals surface area contributed by atoms with Crippen molar-refractivity contribution in [1.82, 2.24) is 14.8 Å². The largest absolute Gasteiger partial charge is 0.482 e. The maximum absolute atomic E-state index is 12.7. The highest BCUT2D eigenvalue weighted by Gasteiger charge is 2.33. The summed E-state index contributed by atoms with van der Waals surface area (Å²) in [7, 11) is 0. The molecule has 1 aromatic heterocycles. The fourth-order valence-corrected chi connectivity index (χ4v) is 5.05. The van der Waals surface area contributed by atoms with Gasteiger partial charge >= 0.3 is 6.09 Å². The molecular weight excluding hydrogens is 583 g/mol. The highest BCUT2D eigenvalue weighted by molar-refractivity contribution is 14.1. The average molecular weight is 621 g/mol. The van der Waals surface area contributed by atoms with Crippen LogP contribution in [-0.4, -0.2) is 64.6 Å². The first-order valence-corrected chi connectivity index (χ1v) is 13.9. The smallest absolute Gasteiger partial charge is 0.410 e. The van der Waals surface area contributed by atoms with Gasteiger partial charge in [0.15, 0.2) is 6.10 Å². The van der Waals surface area contributed by atoms with Crippen molar-refractivity contribution in [2.75, 3.05) is 26.2 Å². The van der Waals surface area contributed by atoms with Gasteiger partial charge in [-0.1, -0.05) is 6.07 Å². The van der Waals surface area contributed by atoms with Gasteiger partial charge < -0.3 is 20.1 Å². The van der Waals surface area contributed by atoms with Crippen LogP contribution < -0.4 is 10.5 Å². The predicted octanol–water partition coefficient (Wildman–Crippen LogP) is 5.03. The number of nitrogens with two attached hydrogens (primary N) is 1. The zero-order valence-electron chi connectivity index (χ0n) is 22.3. The molecule has 9 heteroatoms. The summed E-state index contributed by atoms with van der Waals surface area (Å²) in [6.45, 7) is 12.1. The van der Waals surface area contributed by atoms with Crippen LogP contribution in [0.1, 0.15) is 79.7 Å². The van der Waals surface area contributed by atoms with Crippen molar-refractivity contribution in [3.8, 4) is 5.75 Å². The number of hydrogen-bond donors (Lipinski definition) is 1. The van der Waals surface area contributed by atoms with Crippen LogP contribution in [0.25, 0.3) is 0 Å². The van der Waals surface area contributed by atoms with Gasteiger partial charge in [0.2, 0.25) is 0 Å². The van der Waals surface area contributed by atoms with E-state index in [9.17, 15) is 9.59 Å². The van der Waals surface area contributed by atoms with Gasteiger partial charge in [-0.25, -0.2) is 4.79 Å². The molecule has 37 heavy (non-hydrogen) atoms. The number of benzene rings is 1. The molecule has 1 unspecified atom stereocenters. The minimum atomic E-state index is -0.533. The molecule has 1 saturated heterocycles. The molecular formula is C28H37IN4O4. The molecule has 200 valence electrons. The molecule has 2 aromatic rings. The fourth-order valence-electron chi connectivity index (χ4n) is 4.58. The van der Waals surface area contributed by atoms with Gasteiger partial charge in [0.25, 0.3) is 5.91 Å². The van der Waals surface area contributed by atoms with Gasteiger partial charge in [-0.3, -0.25) is 14.7 Å². The van der Waals surface area contributed by atoms with E-state index in [1.807, 2.05) is 52.9 Å². The molecule has 2 atom stereocenters. The number of rotatable bonds is 7. The number of carbonyl (C=O) groups excluding carboxylic acids is 2. The second-order valence-corrected chi connectivity index (χ2v) is 12.3. The number of halogens is 1. The van der Waals surface area contributed by atoms with Crippen LogP contribution >= 0.6 is 22.6 Å². The SMILES string of the molecule is Cc1cc(OC(CN2CCN(C(=O)OC(C)(C)C)[C@H](C)C2)c2ccc(C3CC3)cn2)c(C(N)=O)cc1I. The second kappa shape index (κ2) is 11.1. The third-order valence-corrected chi connectivity index (χ3v) is 7.91. The minimum Gasteiger partial charge on any atom is -0.482 e. The van der Waals surface area contributed by atoms with Crippen molar-refractivity contribution in [3.63, 3.8) is 0 Å². The molecule has 8 nitrogen and oxygen atoms in total. The Morgan fingerprint density at radius 2 is 1.95 bits per heavy atom. The quantitative estimate of drug-likeness (QED) is 0.437. The van der Waals surface area contributed by atoms with E-state index in [-0.39, 0.29) is 12.1 Å². The molecule has 0 spiro atoms. The molecule has 1 aliphatic heterocycles. The highest BCUT2D eigenvalue weighted by atomic mass is 127. The number of primary amides is 1. The Bertz CT molecular complexity index is 1140. The number of hydrogen-bond acceptors (Lipinski definition) is 6. The number of amides is 2. The Hall–Kier alpha value is -2.40. The molecule has 2 amide bonds. The summed E-state index contributed by atoms with van der Waals surface area (Å²) in [5.41, 5.74) is 8.60. The van der Waals surface area contributed by atoms with Crippen molar-refractivity contribution in [2.45, 2.75) is 71.1 Å². The third kappa shape index (κ3) is 7.13. The molecule has 2 fully saturated rings. The lowest BCUT2D eigenvalue weighted by molar-refractivity contribution is -0.00316. The summed E-state index contributed by atoms with van der Waals surface area (Å²) in [4.78, 5) is 33.7. The van der Waals surface area contributed by atoms with Crippen LogP contribution in [0.15, 0.2) is 30.5 Å². The van der Waals surface area contributed by atoms with Gasteiger partial charge in [-0.05, 0) is 105 Å². The Morgan fingerprint density at radius 1 is 1.22 bits per heavy atom. The maximum Gasteiger partial charge on any atom is 0.410 e. The lowest BCUT2D eigenvalue weighted by atomic mass is 10.1. The van der Waals surface area contributed by atoms with Crippen molar-refractivity contribution in [3.05, 3.63) is 56.4 Å². The van der Waals surface area contributed by atoms with E-state index in [2.05, 4.69) is 33.6 Å². The Labute approximate surface area is 233 Å². The highest BCUT2D eigenvalue weighted by Crippen LogP contribution is 2.40. The third-order valence-electron chi connectivity index (χ3n) is 6.75. The summed E-state index contributed by atoms with van der Waals surface area (Å²) in [5.74, 6) is 0.551. The molecule has 2 N–H and O–H groups in total. The Morgan fingerprint density at radius 3 is 2.51 bits per heavy atom. The predicted molar refractivity (Wildman–Crippen MR) is 151 cm³/mol. The van der Waals surface area contributed by atoms with E-state index in [1.54, 1.807) is 11.0 Å². The van der Waals surface area contributed by atoms with E-state index >= 15 is 0 Å². The van der Waals surface area contributed by atoms with E-state index in [1.165, 1.54) is 18.4 Å². The molecule has 4 rings (SSSR count). The van der Waals surface area contributed by atoms with Crippen LogP contribution in [0, 0.1) is 10.5 Å². The summed E-state index contributed by atoms with van der Waals surface area (Å²) in [5, 5.41) is 0. The van der Waals surface area contributed by atoms with E-state index < -0.39 is 17.6 Å². The number of carbonyl (C=O) groups is 2. The van der Waals surface area contributed by atoms with Gasteiger partial charge in [0.05, 0.1) is 11.3 Å². The van der Waals surface area contributed by atoms with Crippen molar-refractivity contribution < 1.29 is 19.1 Å². The molecule has 1 saturated carbocycles. The van der Waals surface area contributed by atoms with Gasteiger partial charge in [0, 0.05) is 42.0 Å². The summed E-state index contributed by atoms with van der Waals surface area (Å²) in [6.07, 6.45) is 3.67. The van der Waals surface area contributed by atoms with Crippen molar-refractivity contribution in [1.29, 1.82) is 0 Å². The van der Waals surface area contributed by atoms with E-state index in [4.69, 9.17) is 20.2 Å². The second-order valence-electron chi connectivity index (χ2n) is 11.1. The monoisotopic (exact) mass is 620 g/mol. The summed E-state index contributed by atoms with van der Waals surface area (Å²) in [6, 6.07) is 7.79. The first kappa shape index (κ1) is 27.6. The molecule has 2 heterocycles. The first-order chi connectivity index (χ1) is 17.4. The van der Waals surface area contributed by atoms with Crippen LogP contribution in [0.2, 0.25) is 0 Å². The summed E-state index contributed by atoms with van der Waals surface area (Å²) < 4.78 is 13.1. The zero-order valence-corrected chi connectivity index (χ0v) is 24.4. The zero-order chi connectivity index (χ0) is 26.9. The normalized spacial score (nSPS) is 19.4. The van der Waals surface area contributed by atoms with Gasteiger partial charge in [0.1, 0.15) is 11.4 Å². The Kier molecular flexibility index (Phi) is 8.32. The number of nitrogens with zero attached hydrogens (tertiary/aromatic N) is 3. The summed E-state index contributed by atoms with van der Waals surface area (Å²) >= 11 is 2.20.